The first-order valence-electron chi connectivity index (χ1n) is 15.8. The van der Waals surface area contributed by atoms with Crippen LogP contribution in [0, 0.1) is 6.92 Å². The molecule has 2 aromatic heterocycles. The van der Waals surface area contributed by atoms with Crippen LogP contribution < -0.4 is 20.3 Å². The molecule has 1 amide bonds. The van der Waals surface area contributed by atoms with Crippen molar-refractivity contribution in [3.8, 4) is 5.75 Å². The summed E-state index contributed by atoms with van der Waals surface area (Å²) in [5.74, 6) is 2.34. The number of aryl methyl sites for hydroxylation is 1. The van der Waals surface area contributed by atoms with Crippen LogP contribution in [0.1, 0.15) is 46.9 Å². The number of oxazole rings is 1. The predicted octanol–water partition coefficient (Wildman–Crippen LogP) is 1.84. The van der Waals surface area contributed by atoms with E-state index in [4.69, 9.17) is 18.9 Å². The van der Waals surface area contributed by atoms with Gasteiger partial charge in [0.25, 0.3) is 5.91 Å². The van der Waals surface area contributed by atoms with Crippen LogP contribution in [-0.4, -0.2) is 113 Å². The van der Waals surface area contributed by atoms with Gasteiger partial charge in [-0.3, -0.25) is 14.6 Å². The molecule has 1 aromatic carbocycles. The van der Waals surface area contributed by atoms with Gasteiger partial charge in [0.1, 0.15) is 23.9 Å². The van der Waals surface area contributed by atoms with Crippen LogP contribution >= 0.6 is 0 Å². The van der Waals surface area contributed by atoms with Crippen LogP contribution in [0.15, 0.2) is 35.1 Å². The van der Waals surface area contributed by atoms with Crippen molar-refractivity contribution in [1.29, 1.82) is 0 Å². The van der Waals surface area contributed by atoms with Gasteiger partial charge in [-0.15, -0.1) is 0 Å². The van der Waals surface area contributed by atoms with E-state index in [0.29, 0.717) is 44.2 Å². The summed E-state index contributed by atoms with van der Waals surface area (Å²) in [6.45, 7) is 13.4. The lowest BCUT2D eigenvalue weighted by Gasteiger charge is -2.37. The highest BCUT2D eigenvalue weighted by Crippen LogP contribution is 2.25. The molecule has 3 aliphatic heterocycles. The Labute approximate surface area is 263 Å². The van der Waals surface area contributed by atoms with Crippen LogP contribution in [0.5, 0.6) is 5.75 Å². The van der Waals surface area contributed by atoms with Crippen LogP contribution in [0.3, 0.4) is 0 Å². The maximum absolute atomic E-state index is 13.3. The molecule has 5 heterocycles. The molecule has 242 valence electrons. The minimum Gasteiger partial charge on any atom is -0.486 e. The Morgan fingerprint density at radius 3 is 2.64 bits per heavy atom. The van der Waals surface area contributed by atoms with Crippen molar-refractivity contribution in [2.24, 2.45) is 0 Å². The third kappa shape index (κ3) is 7.90. The molecule has 13 heteroatoms. The molecule has 3 N–H and O–H groups in total. The molecule has 0 aliphatic carbocycles. The van der Waals surface area contributed by atoms with Gasteiger partial charge in [0.2, 0.25) is 5.95 Å². The average Bonchev–Trinajstić information content (AvgIpc) is 3.44. The molecule has 45 heavy (non-hydrogen) atoms. The summed E-state index contributed by atoms with van der Waals surface area (Å²) in [7, 11) is 0. The van der Waals surface area contributed by atoms with Gasteiger partial charge in [0, 0.05) is 64.5 Å². The van der Waals surface area contributed by atoms with E-state index in [2.05, 4.69) is 61.3 Å². The first kappa shape index (κ1) is 31.2. The van der Waals surface area contributed by atoms with E-state index in [9.17, 15) is 9.90 Å². The number of carbonyl (C=O) groups is 1. The lowest BCUT2D eigenvalue weighted by atomic mass is 9.99. The summed E-state index contributed by atoms with van der Waals surface area (Å²) >= 11 is 0. The fourth-order valence-electron chi connectivity index (χ4n) is 5.84. The fourth-order valence-corrected chi connectivity index (χ4v) is 5.84. The normalized spacial score (nSPS) is 18.4. The van der Waals surface area contributed by atoms with Crippen LogP contribution in [0.4, 0.5) is 11.8 Å². The van der Waals surface area contributed by atoms with Gasteiger partial charge in [0.15, 0.2) is 12.2 Å². The molecule has 6 rings (SSSR count). The zero-order valence-electron chi connectivity index (χ0n) is 26.4. The summed E-state index contributed by atoms with van der Waals surface area (Å²) in [5, 5.41) is 17.1. The molecular formula is C32H44N8O5. The molecule has 13 nitrogen and oxygen atoms in total. The number of aliphatic hydroxyl groups is 1. The van der Waals surface area contributed by atoms with Crippen LogP contribution in [0.25, 0.3) is 0 Å². The van der Waals surface area contributed by atoms with Crippen LogP contribution in [0.2, 0.25) is 0 Å². The minimum absolute atomic E-state index is 0.127. The number of piperazine rings is 1. The molecule has 3 aliphatic rings. The second-order valence-electron chi connectivity index (χ2n) is 12.4. The molecule has 0 spiro atoms. The van der Waals surface area contributed by atoms with Gasteiger partial charge >= 0.3 is 0 Å². The Balaban J connectivity index is 1.02. The van der Waals surface area contributed by atoms with Gasteiger partial charge in [0.05, 0.1) is 31.1 Å². The number of hydrogen-bond donors (Lipinski definition) is 3. The molecular weight excluding hydrogens is 576 g/mol. The average molecular weight is 621 g/mol. The van der Waals surface area contributed by atoms with E-state index in [0.717, 1.165) is 62.9 Å². The van der Waals surface area contributed by atoms with Crippen molar-refractivity contribution in [1.82, 2.24) is 30.1 Å². The van der Waals surface area contributed by atoms with Crippen molar-refractivity contribution in [3.05, 3.63) is 58.9 Å². The quantitative estimate of drug-likeness (QED) is 0.272. The predicted molar refractivity (Wildman–Crippen MR) is 169 cm³/mol. The monoisotopic (exact) mass is 620 g/mol. The second-order valence-corrected chi connectivity index (χ2v) is 12.4. The van der Waals surface area contributed by atoms with E-state index in [1.165, 1.54) is 17.5 Å². The van der Waals surface area contributed by atoms with Crippen molar-refractivity contribution in [2.45, 2.75) is 58.5 Å². The summed E-state index contributed by atoms with van der Waals surface area (Å²) < 4.78 is 16.6. The Morgan fingerprint density at radius 2 is 1.93 bits per heavy atom. The summed E-state index contributed by atoms with van der Waals surface area (Å²) in [6.07, 6.45) is 1.56. The molecule has 0 saturated carbocycles. The third-order valence-corrected chi connectivity index (χ3v) is 8.72. The number of benzene rings is 1. The fraction of sp³-hybridized carbons (Fsp3) is 0.562. The first-order valence-corrected chi connectivity index (χ1v) is 15.8. The van der Waals surface area contributed by atoms with E-state index in [1.807, 2.05) is 13.0 Å². The highest BCUT2D eigenvalue weighted by atomic mass is 16.5. The number of nitrogens with zero attached hydrogens (tertiary/aromatic N) is 6. The van der Waals surface area contributed by atoms with E-state index < -0.39 is 6.10 Å². The van der Waals surface area contributed by atoms with Gasteiger partial charge in [-0.25, -0.2) is 9.97 Å². The Bertz CT molecular complexity index is 1450. The number of ether oxygens (including phenoxy) is 2. The maximum Gasteiger partial charge on any atom is 0.270 e. The number of hydrogen-bond acceptors (Lipinski definition) is 12. The zero-order chi connectivity index (χ0) is 31.3. The number of anilines is 2. The first-order chi connectivity index (χ1) is 21.8. The minimum atomic E-state index is -0.724. The van der Waals surface area contributed by atoms with Gasteiger partial charge in [-0.1, -0.05) is 6.07 Å². The van der Waals surface area contributed by atoms with E-state index in [-0.39, 0.29) is 24.2 Å². The number of carbonyl (C=O) groups excluding carboxylic acids is 1. The lowest BCUT2D eigenvalue weighted by molar-refractivity contribution is 0.0209. The lowest BCUT2D eigenvalue weighted by Crippen LogP contribution is -2.49. The number of aromatic nitrogens is 3. The summed E-state index contributed by atoms with van der Waals surface area (Å²) in [5.41, 5.74) is 3.56. The summed E-state index contributed by atoms with van der Waals surface area (Å²) in [6, 6.07) is 8.46. The van der Waals surface area contributed by atoms with Gasteiger partial charge in [-0.05, 0) is 50.5 Å². The number of nitrogens with one attached hydrogen (secondary N) is 2. The highest BCUT2D eigenvalue weighted by molar-refractivity contribution is 5.93. The maximum atomic E-state index is 13.3. The molecule has 0 radical (unpaired) electrons. The number of β-amino-alcohol motifs (C(OH)–C–C–N with tert-alkyl or cyclic N) is 1. The van der Waals surface area contributed by atoms with Crippen molar-refractivity contribution < 1.29 is 23.8 Å². The third-order valence-electron chi connectivity index (χ3n) is 8.72. The highest BCUT2D eigenvalue weighted by Gasteiger charge is 2.25. The smallest absolute Gasteiger partial charge is 0.270 e. The Morgan fingerprint density at radius 1 is 1.11 bits per heavy atom. The second kappa shape index (κ2) is 14.1. The van der Waals surface area contributed by atoms with Crippen molar-refractivity contribution in [3.63, 3.8) is 0 Å². The molecule has 3 aromatic rings. The van der Waals surface area contributed by atoms with Gasteiger partial charge < -0.3 is 34.5 Å². The molecule has 2 saturated heterocycles. The van der Waals surface area contributed by atoms with Gasteiger partial charge in [-0.2, -0.15) is 4.98 Å². The standard InChI is InChI=1S/C32H44N8O5/c1-21(2)39-8-10-40(11-9-39)32-36-28(13-30(37-32)35-25-17-43-18-25)31(42)33-14-26(41)16-38-7-6-23-12-27(5-4-24(23)15-38)44-19-29-22(3)34-20-45-29/h4-5,12-13,20-21,25-26,41H,6-11,14-19H2,1-3H3,(H,33,42)(H,35,36,37)/t26-/m0/s1. The Hall–Kier alpha value is -3.78. The zero-order valence-corrected chi connectivity index (χ0v) is 26.4. The molecule has 0 bridgehead atoms. The van der Waals surface area contributed by atoms with E-state index in [1.54, 1.807) is 6.07 Å². The largest absolute Gasteiger partial charge is 0.486 e. The molecule has 0 unspecified atom stereocenters. The van der Waals surface area contributed by atoms with Crippen LogP contribution in [-0.2, 0) is 24.3 Å². The molecule has 2 fully saturated rings. The van der Waals surface area contributed by atoms with Crippen molar-refractivity contribution in [2.75, 3.05) is 69.2 Å². The number of rotatable bonds is 12. The number of amides is 1. The van der Waals surface area contributed by atoms with E-state index >= 15 is 0 Å². The molecule has 1 atom stereocenters. The number of fused-ring (bicyclic) bond motifs is 1. The Kier molecular flexibility index (Phi) is 9.79. The number of aliphatic hydroxyl groups excluding tert-OH is 1. The summed E-state index contributed by atoms with van der Waals surface area (Å²) in [4.78, 5) is 33.5. The van der Waals surface area contributed by atoms with Crippen molar-refractivity contribution >= 4 is 17.7 Å². The SMILES string of the molecule is Cc1ncoc1COc1ccc2c(c1)CCN(C[C@@H](O)CNC(=O)c1cc(NC3COC3)nc(N3CCN(C(C)C)CC3)n1)C2. The topological polar surface area (TPSA) is 141 Å².